The Morgan fingerprint density at radius 2 is 1.69 bits per heavy atom. The van der Waals surface area contributed by atoms with Gasteiger partial charge in [-0.3, -0.25) is 4.79 Å². The number of carbonyl (C=O) groups excluding carboxylic acids is 1. The molecule has 0 aliphatic heterocycles. The first-order chi connectivity index (χ1) is 16.7. The van der Waals surface area contributed by atoms with Crippen LogP contribution in [0.2, 0.25) is 0 Å². The SMILES string of the molecule is CCn1c(=O)c(-c2cc(NC(=O)Nc3cc(F)cc(F)c3)c(F)cc2C)cc2cnc(NC)cc21. The fourth-order valence-electron chi connectivity index (χ4n) is 3.89. The first-order valence-corrected chi connectivity index (χ1v) is 10.8. The molecule has 2 heterocycles. The number of hydrogen-bond donors (Lipinski definition) is 3. The number of nitrogens with zero attached hydrogens (tertiary/aromatic N) is 2. The molecule has 4 aromatic rings. The maximum absolute atomic E-state index is 14.7. The van der Waals surface area contributed by atoms with Crippen molar-refractivity contribution in [2.75, 3.05) is 23.0 Å². The predicted molar refractivity (Wildman–Crippen MR) is 130 cm³/mol. The monoisotopic (exact) mass is 481 g/mol. The minimum atomic E-state index is -0.906. The molecule has 35 heavy (non-hydrogen) atoms. The number of carbonyl (C=O) groups is 1. The first kappa shape index (κ1) is 23.8. The minimum absolute atomic E-state index is 0.137. The number of pyridine rings is 2. The van der Waals surface area contributed by atoms with E-state index in [1.54, 1.807) is 36.9 Å². The molecule has 3 N–H and O–H groups in total. The maximum Gasteiger partial charge on any atom is 0.323 e. The van der Waals surface area contributed by atoms with Gasteiger partial charge in [0.2, 0.25) is 0 Å². The van der Waals surface area contributed by atoms with Crippen molar-refractivity contribution in [1.29, 1.82) is 0 Å². The molecule has 0 aliphatic carbocycles. The highest BCUT2D eigenvalue weighted by molar-refractivity contribution is 6.00. The lowest BCUT2D eigenvalue weighted by molar-refractivity contribution is 0.262. The van der Waals surface area contributed by atoms with Gasteiger partial charge in [-0.2, -0.15) is 0 Å². The minimum Gasteiger partial charge on any atom is -0.373 e. The van der Waals surface area contributed by atoms with E-state index in [1.165, 1.54) is 12.1 Å². The summed E-state index contributed by atoms with van der Waals surface area (Å²) in [5, 5.41) is 8.25. The molecule has 2 amide bonds. The van der Waals surface area contributed by atoms with Crippen LogP contribution in [0, 0.1) is 24.4 Å². The molecule has 7 nitrogen and oxygen atoms in total. The van der Waals surface area contributed by atoms with Gasteiger partial charge in [0.15, 0.2) is 0 Å². The molecule has 2 aromatic carbocycles. The summed E-state index contributed by atoms with van der Waals surface area (Å²) < 4.78 is 43.1. The van der Waals surface area contributed by atoms with Gasteiger partial charge in [-0.15, -0.1) is 0 Å². The third kappa shape index (κ3) is 4.81. The molecule has 2 aromatic heterocycles. The fraction of sp³-hybridized carbons (Fsp3) is 0.160. The van der Waals surface area contributed by atoms with Gasteiger partial charge in [0.05, 0.1) is 11.2 Å². The number of amides is 2. The van der Waals surface area contributed by atoms with Crippen LogP contribution in [0.1, 0.15) is 12.5 Å². The van der Waals surface area contributed by atoms with E-state index < -0.39 is 23.5 Å². The molecular weight excluding hydrogens is 459 g/mol. The Morgan fingerprint density at radius 1 is 0.971 bits per heavy atom. The van der Waals surface area contributed by atoms with Gasteiger partial charge in [-0.25, -0.2) is 22.9 Å². The molecule has 0 spiro atoms. The van der Waals surface area contributed by atoms with Crippen molar-refractivity contribution in [2.24, 2.45) is 0 Å². The highest BCUT2D eigenvalue weighted by Crippen LogP contribution is 2.29. The standard InChI is InChI=1S/C25H22F3N5O2/c1-4-33-22-11-23(29-3)30-12-14(22)6-19(24(33)34)18-10-21(20(28)5-13(18)2)32-25(35)31-17-8-15(26)7-16(27)9-17/h5-12H,4H2,1-3H3,(H,29,30)(H2,31,32,35). The normalized spacial score (nSPS) is 10.9. The molecule has 0 bridgehead atoms. The number of rotatable bonds is 5. The van der Waals surface area contributed by atoms with E-state index in [0.717, 1.165) is 12.1 Å². The number of anilines is 3. The van der Waals surface area contributed by atoms with Crippen molar-refractivity contribution in [3.05, 3.63) is 82.0 Å². The maximum atomic E-state index is 14.7. The van der Waals surface area contributed by atoms with Crippen molar-refractivity contribution < 1.29 is 18.0 Å². The molecule has 0 atom stereocenters. The van der Waals surface area contributed by atoms with Crippen LogP contribution in [0.3, 0.4) is 0 Å². The summed E-state index contributed by atoms with van der Waals surface area (Å²) in [5.41, 5.74) is 1.29. The van der Waals surface area contributed by atoms with E-state index >= 15 is 0 Å². The summed E-state index contributed by atoms with van der Waals surface area (Å²) in [7, 11) is 1.73. The Kier molecular flexibility index (Phi) is 6.46. The third-order valence-electron chi connectivity index (χ3n) is 5.52. The highest BCUT2D eigenvalue weighted by Gasteiger charge is 2.17. The van der Waals surface area contributed by atoms with E-state index in [0.29, 0.717) is 46.0 Å². The van der Waals surface area contributed by atoms with Crippen LogP contribution in [-0.2, 0) is 6.54 Å². The zero-order chi connectivity index (χ0) is 25.3. The van der Waals surface area contributed by atoms with Gasteiger partial charge in [-0.05, 0) is 55.3 Å². The van der Waals surface area contributed by atoms with E-state index in [4.69, 9.17) is 0 Å². The second-order valence-electron chi connectivity index (χ2n) is 7.87. The van der Waals surface area contributed by atoms with Crippen LogP contribution in [0.5, 0.6) is 0 Å². The molecule has 0 saturated heterocycles. The van der Waals surface area contributed by atoms with Crippen molar-refractivity contribution in [2.45, 2.75) is 20.4 Å². The second-order valence-corrected chi connectivity index (χ2v) is 7.87. The quantitative estimate of drug-likeness (QED) is 0.352. The average Bonchev–Trinajstić information content (AvgIpc) is 2.79. The number of fused-ring (bicyclic) bond motifs is 1. The number of halogens is 3. The molecule has 0 unspecified atom stereocenters. The lowest BCUT2D eigenvalue weighted by Gasteiger charge is -2.15. The number of benzene rings is 2. The van der Waals surface area contributed by atoms with Gasteiger partial charge in [0, 0.05) is 48.6 Å². The highest BCUT2D eigenvalue weighted by atomic mass is 19.1. The number of aromatic nitrogens is 2. The molecule has 0 saturated carbocycles. The van der Waals surface area contributed by atoms with Crippen LogP contribution in [0.25, 0.3) is 22.0 Å². The summed E-state index contributed by atoms with van der Waals surface area (Å²) in [4.78, 5) is 30.0. The lowest BCUT2D eigenvalue weighted by atomic mass is 9.99. The Hall–Kier alpha value is -4.34. The summed E-state index contributed by atoms with van der Waals surface area (Å²) >= 11 is 0. The van der Waals surface area contributed by atoms with Gasteiger partial charge in [0.25, 0.3) is 5.56 Å². The Morgan fingerprint density at radius 3 is 2.34 bits per heavy atom. The van der Waals surface area contributed by atoms with E-state index in [2.05, 4.69) is 20.9 Å². The Balaban J connectivity index is 1.74. The van der Waals surface area contributed by atoms with Crippen LogP contribution in [0.15, 0.2) is 53.5 Å². The van der Waals surface area contributed by atoms with E-state index in [1.807, 2.05) is 6.92 Å². The van der Waals surface area contributed by atoms with Crippen LogP contribution in [0.4, 0.5) is 35.2 Å². The summed E-state index contributed by atoms with van der Waals surface area (Å²) in [6, 6.07) is 7.62. The number of aryl methyl sites for hydroxylation is 2. The molecule has 10 heteroatoms. The van der Waals surface area contributed by atoms with Gasteiger partial charge < -0.3 is 20.5 Å². The average molecular weight is 481 g/mol. The van der Waals surface area contributed by atoms with Crippen LogP contribution in [-0.4, -0.2) is 22.6 Å². The van der Waals surface area contributed by atoms with Crippen LogP contribution >= 0.6 is 0 Å². The molecule has 4 rings (SSSR count). The first-order valence-electron chi connectivity index (χ1n) is 10.8. The Labute approximate surface area is 198 Å². The van der Waals surface area contributed by atoms with Crippen molar-refractivity contribution >= 4 is 34.1 Å². The van der Waals surface area contributed by atoms with E-state index in [-0.39, 0.29) is 16.9 Å². The molecule has 180 valence electrons. The Bertz CT molecular complexity index is 1500. The van der Waals surface area contributed by atoms with Gasteiger partial charge in [0.1, 0.15) is 23.3 Å². The zero-order valence-electron chi connectivity index (χ0n) is 19.2. The van der Waals surface area contributed by atoms with Crippen molar-refractivity contribution in [3.8, 4) is 11.1 Å². The predicted octanol–water partition coefficient (Wildman–Crippen LogP) is 5.49. The van der Waals surface area contributed by atoms with Crippen molar-refractivity contribution in [1.82, 2.24) is 9.55 Å². The van der Waals surface area contributed by atoms with Gasteiger partial charge >= 0.3 is 6.03 Å². The lowest BCUT2D eigenvalue weighted by Crippen LogP contribution is -2.22. The number of nitrogens with one attached hydrogen (secondary N) is 3. The molecule has 0 aliphatic rings. The topological polar surface area (TPSA) is 88.1 Å². The molecule has 0 fully saturated rings. The van der Waals surface area contributed by atoms with Gasteiger partial charge in [-0.1, -0.05) is 0 Å². The number of urea groups is 1. The van der Waals surface area contributed by atoms with Crippen LogP contribution < -0.4 is 21.5 Å². The largest absolute Gasteiger partial charge is 0.373 e. The second kappa shape index (κ2) is 9.49. The van der Waals surface area contributed by atoms with E-state index in [9.17, 15) is 22.8 Å². The summed E-state index contributed by atoms with van der Waals surface area (Å²) in [5.74, 6) is -1.86. The molecule has 0 radical (unpaired) electrons. The third-order valence-corrected chi connectivity index (χ3v) is 5.52. The smallest absolute Gasteiger partial charge is 0.323 e. The summed E-state index contributed by atoms with van der Waals surface area (Å²) in [6.45, 7) is 3.89. The number of hydrogen-bond acceptors (Lipinski definition) is 4. The zero-order valence-corrected chi connectivity index (χ0v) is 19.2. The fourth-order valence-corrected chi connectivity index (χ4v) is 3.89. The molecular formula is C25H22F3N5O2. The summed E-state index contributed by atoms with van der Waals surface area (Å²) in [6.07, 6.45) is 1.64. The van der Waals surface area contributed by atoms with Crippen molar-refractivity contribution in [3.63, 3.8) is 0 Å².